The van der Waals surface area contributed by atoms with E-state index in [1.165, 1.54) is 0 Å². The van der Waals surface area contributed by atoms with Crippen LogP contribution in [0, 0.1) is 0 Å². The van der Waals surface area contributed by atoms with Crippen molar-refractivity contribution in [2.75, 3.05) is 33.5 Å². The molecule has 2 aliphatic heterocycles. The molecule has 1 atom stereocenters. The van der Waals surface area contributed by atoms with Gasteiger partial charge in [0.05, 0.1) is 13.2 Å². The van der Waals surface area contributed by atoms with Gasteiger partial charge in [-0.15, -0.1) is 0 Å². The van der Waals surface area contributed by atoms with Gasteiger partial charge in [-0.2, -0.15) is 4.98 Å². The SMILES string of the molecule is COCc1nc([C@H]2COCCN2C(=O)COc2cccc3c2OC(C)(C)C3)no1. The molecule has 4 rings (SSSR count). The number of hydrogen-bond donors (Lipinski definition) is 0. The Labute approximate surface area is 168 Å². The number of ether oxygens (including phenoxy) is 4. The molecule has 3 heterocycles. The number of para-hydroxylation sites is 1. The Morgan fingerprint density at radius 3 is 3.07 bits per heavy atom. The molecule has 0 aliphatic carbocycles. The fourth-order valence-electron chi connectivity index (χ4n) is 3.63. The molecule has 1 saturated heterocycles. The Bertz CT molecular complexity index is 881. The lowest BCUT2D eigenvalue weighted by molar-refractivity contribution is -0.142. The Balaban J connectivity index is 1.44. The molecule has 0 saturated carbocycles. The van der Waals surface area contributed by atoms with Gasteiger partial charge in [-0.3, -0.25) is 4.79 Å². The van der Waals surface area contributed by atoms with Crippen LogP contribution >= 0.6 is 0 Å². The van der Waals surface area contributed by atoms with E-state index in [0.29, 0.717) is 43.0 Å². The molecule has 9 nitrogen and oxygen atoms in total. The molecule has 0 bridgehead atoms. The molecular formula is C20H25N3O6. The molecule has 0 unspecified atom stereocenters. The topological polar surface area (TPSA) is 96.2 Å². The first-order valence-electron chi connectivity index (χ1n) is 9.59. The second-order valence-corrected chi connectivity index (χ2v) is 7.73. The third-order valence-corrected chi connectivity index (χ3v) is 4.90. The molecule has 0 N–H and O–H groups in total. The summed E-state index contributed by atoms with van der Waals surface area (Å²) in [6, 6.07) is 5.33. The van der Waals surface area contributed by atoms with Gasteiger partial charge in [0.25, 0.3) is 11.8 Å². The summed E-state index contributed by atoms with van der Waals surface area (Å²) in [6.45, 7) is 5.34. The molecule has 1 fully saturated rings. The molecule has 2 aromatic rings. The van der Waals surface area contributed by atoms with Crippen LogP contribution in [0.25, 0.3) is 0 Å². The average molecular weight is 403 g/mol. The monoisotopic (exact) mass is 403 g/mol. The van der Waals surface area contributed by atoms with Crippen LogP contribution in [0.15, 0.2) is 22.7 Å². The Morgan fingerprint density at radius 2 is 2.24 bits per heavy atom. The van der Waals surface area contributed by atoms with Gasteiger partial charge in [-0.25, -0.2) is 0 Å². The van der Waals surface area contributed by atoms with Crippen LogP contribution < -0.4 is 9.47 Å². The summed E-state index contributed by atoms with van der Waals surface area (Å²) >= 11 is 0. The molecular weight excluding hydrogens is 378 g/mol. The third-order valence-electron chi connectivity index (χ3n) is 4.90. The highest BCUT2D eigenvalue weighted by molar-refractivity contribution is 5.78. The molecule has 1 aromatic carbocycles. The highest BCUT2D eigenvalue weighted by Gasteiger charge is 2.34. The number of nitrogens with zero attached hydrogens (tertiary/aromatic N) is 3. The smallest absolute Gasteiger partial charge is 0.261 e. The second kappa shape index (κ2) is 8.00. The number of amides is 1. The van der Waals surface area contributed by atoms with E-state index in [1.807, 2.05) is 32.0 Å². The lowest BCUT2D eigenvalue weighted by Gasteiger charge is -2.33. The predicted molar refractivity (Wildman–Crippen MR) is 101 cm³/mol. The maximum atomic E-state index is 12.9. The van der Waals surface area contributed by atoms with Crippen LogP contribution in [0.2, 0.25) is 0 Å². The molecule has 156 valence electrons. The molecule has 2 aliphatic rings. The summed E-state index contributed by atoms with van der Waals surface area (Å²) < 4.78 is 27.5. The highest BCUT2D eigenvalue weighted by atomic mass is 16.5. The number of carbonyl (C=O) groups excluding carboxylic acids is 1. The first-order valence-corrected chi connectivity index (χ1v) is 9.59. The van der Waals surface area contributed by atoms with Crippen LogP contribution in [0.5, 0.6) is 11.5 Å². The summed E-state index contributed by atoms with van der Waals surface area (Å²) in [6.07, 6.45) is 0.806. The minimum atomic E-state index is -0.425. The molecule has 0 spiro atoms. The van der Waals surface area contributed by atoms with Crippen LogP contribution in [0.3, 0.4) is 0 Å². The van der Waals surface area contributed by atoms with Crippen LogP contribution in [0.1, 0.15) is 37.2 Å². The lowest BCUT2D eigenvalue weighted by atomic mass is 10.0. The van der Waals surface area contributed by atoms with Crippen molar-refractivity contribution in [2.45, 2.75) is 38.5 Å². The first kappa shape index (κ1) is 19.7. The number of aromatic nitrogens is 2. The predicted octanol–water partition coefficient (Wildman–Crippen LogP) is 1.91. The largest absolute Gasteiger partial charge is 0.483 e. The van der Waals surface area contributed by atoms with Gasteiger partial charge in [0.2, 0.25) is 0 Å². The number of benzene rings is 1. The van der Waals surface area contributed by atoms with Crippen LogP contribution in [0.4, 0.5) is 0 Å². The van der Waals surface area contributed by atoms with Crippen molar-refractivity contribution in [1.29, 1.82) is 0 Å². The summed E-state index contributed by atoms with van der Waals surface area (Å²) in [5.74, 6) is 1.87. The number of carbonyl (C=O) groups is 1. The Hall–Kier alpha value is -2.65. The molecule has 9 heteroatoms. The van der Waals surface area contributed by atoms with E-state index in [0.717, 1.165) is 12.0 Å². The normalized spacial score (nSPS) is 20.2. The second-order valence-electron chi connectivity index (χ2n) is 7.73. The van der Waals surface area contributed by atoms with Crippen molar-refractivity contribution >= 4 is 5.91 Å². The lowest BCUT2D eigenvalue weighted by Crippen LogP contribution is -2.45. The molecule has 0 radical (unpaired) electrons. The number of fused-ring (bicyclic) bond motifs is 1. The van der Waals surface area contributed by atoms with Gasteiger partial charge >= 0.3 is 0 Å². The number of hydrogen-bond acceptors (Lipinski definition) is 8. The summed E-state index contributed by atoms with van der Waals surface area (Å²) in [5.41, 5.74) is 0.807. The fraction of sp³-hybridized carbons (Fsp3) is 0.550. The summed E-state index contributed by atoms with van der Waals surface area (Å²) in [7, 11) is 1.55. The van der Waals surface area contributed by atoms with E-state index in [4.69, 9.17) is 23.5 Å². The van der Waals surface area contributed by atoms with Gasteiger partial charge in [-0.1, -0.05) is 17.3 Å². The zero-order valence-electron chi connectivity index (χ0n) is 16.8. The average Bonchev–Trinajstić information content (AvgIpc) is 3.29. The van der Waals surface area contributed by atoms with E-state index in [9.17, 15) is 4.79 Å². The highest BCUT2D eigenvalue weighted by Crippen LogP contribution is 2.41. The third kappa shape index (κ3) is 4.20. The quantitative estimate of drug-likeness (QED) is 0.722. The Morgan fingerprint density at radius 1 is 1.38 bits per heavy atom. The van der Waals surface area contributed by atoms with Gasteiger partial charge in [0.15, 0.2) is 23.9 Å². The number of methoxy groups -OCH3 is 1. The van der Waals surface area contributed by atoms with E-state index >= 15 is 0 Å². The summed E-state index contributed by atoms with van der Waals surface area (Å²) in [4.78, 5) is 18.9. The van der Waals surface area contributed by atoms with Crippen molar-refractivity contribution in [3.63, 3.8) is 0 Å². The molecule has 29 heavy (non-hydrogen) atoms. The van der Waals surface area contributed by atoms with E-state index in [1.54, 1.807) is 12.0 Å². The van der Waals surface area contributed by atoms with Gasteiger partial charge in [0.1, 0.15) is 18.2 Å². The standard InChI is InChI=1S/C20H25N3O6/c1-20(2)9-13-5-4-6-15(18(13)28-20)27-12-17(24)23-7-8-26-10-14(23)19-21-16(11-25-3)29-22-19/h4-6,14H,7-12H2,1-3H3/t14-/m1/s1. The van der Waals surface area contributed by atoms with E-state index in [2.05, 4.69) is 10.1 Å². The van der Waals surface area contributed by atoms with Crippen molar-refractivity contribution in [1.82, 2.24) is 15.0 Å². The van der Waals surface area contributed by atoms with Crippen LogP contribution in [-0.4, -0.2) is 60.0 Å². The number of morpholine rings is 1. The maximum Gasteiger partial charge on any atom is 0.261 e. The molecule has 1 amide bonds. The summed E-state index contributed by atoms with van der Waals surface area (Å²) in [5, 5.41) is 3.97. The van der Waals surface area contributed by atoms with Gasteiger partial charge in [0, 0.05) is 25.6 Å². The zero-order chi connectivity index (χ0) is 20.4. The van der Waals surface area contributed by atoms with Gasteiger partial charge < -0.3 is 28.4 Å². The van der Waals surface area contributed by atoms with E-state index in [-0.39, 0.29) is 24.7 Å². The minimum Gasteiger partial charge on any atom is -0.483 e. The first-order chi connectivity index (χ1) is 14.0. The maximum absolute atomic E-state index is 12.9. The number of rotatable bonds is 6. The van der Waals surface area contributed by atoms with Crippen molar-refractivity contribution < 1.29 is 28.3 Å². The fourth-order valence-corrected chi connectivity index (χ4v) is 3.63. The zero-order valence-corrected chi connectivity index (χ0v) is 16.8. The van der Waals surface area contributed by atoms with Crippen molar-refractivity contribution in [3.8, 4) is 11.5 Å². The van der Waals surface area contributed by atoms with Crippen LogP contribution in [-0.2, 0) is 27.3 Å². The van der Waals surface area contributed by atoms with Crippen molar-refractivity contribution in [2.24, 2.45) is 0 Å². The van der Waals surface area contributed by atoms with Gasteiger partial charge in [-0.05, 0) is 19.9 Å². The Kier molecular flexibility index (Phi) is 5.42. The van der Waals surface area contributed by atoms with Crippen molar-refractivity contribution in [3.05, 3.63) is 35.5 Å². The molecule has 1 aromatic heterocycles. The minimum absolute atomic E-state index is 0.112. The van der Waals surface area contributed by atoms with E-state index < -0.39 is 6.04 Å².